The Morgan fingerprint density at radius 2 is 2.00 bits per heavy atom. The average molecular weight is 472 g/mol. The number of methoxy groups -OCH3 is 1. The molecule has 30 heavy (non-hydrogen) atoms. The SMILES string of the molecule is COc1ccc(Cl)c2sc(N(CCN(C)C)C(=O)c3cc(C)n(C(C)C)n3)nc12.Cl. The fourth-order valence-electron chi connectivity index (χ4n) is 3.06. The summed E-state index contributed by atoms with van der Waals surface area (Å²) in [5, 5.41) is 5.69. The highest BCUT2D eigenvalue weighted by atomic mass is 35.5. The van der Waals surface area contributed by atoms with Crippen LogP contribution in [0.25, 0.3) is 10.2 Å². The Bertz CT molecular complexity index is 1030. The summed E-state index contributed by atoms with van der Waals surface area (Å²) in [5.41, 5.74) is 2.02. The molecule has 0 unspecified atom stereocenters. The first-order valence-electron chi connectivity index (χ1n) is 9.38. The van der Waals surface area contributed by atoms with Crippen LogP contribution in [-0.2, 0) is 0 Å². The molecule has 1 aromatic carbocycles. The highest BCUT2D eigenvalue weighted by Crippen LogP contribution is 2.39. The van der Waals surface area contributed by atoms with E-state index in [1.165, 1.54) is 11.3 Å². The molecular weight excluding hydrogens is 445 g/mol. The first kappa shape index (κ1) is 24.4. The Morgan fingerprint density at radius 3 is 2.57 bits per heavy atom. The van der Waals surface area contributed by atoms with Crippen LogP contribution in [0.15, 0.2) is 18.2 Å². The van der Waals surface area contributed by atoms with Gasteiger partial charge < -0.3 is 9.64 Å². The number of aromatic nitrogens is 3. The molecule has 1 amide bonds. The number of hydrogen-bond donors (Lipinski definition) is 0. The molecule has 0 atom stereocenters. The van der Waals surface area contributed by atoms with Crippen molar-refractivity contribution in [3.05, 3.63) is 34.6 Å². The fourth-order valence-corrected chi connectivity index (χ4v) is 4.34. The number of thiazole rings is 1. The van der Waals surface area contributed by atoms with Gasteiger partial charge in [-0.1, -0.05) is 22.9 Å². The van der Waals surface area contributed by atoms with Gasteiger partial charge >= 0.3 is 0 Å². The molecule has 0 N–H and O–H groups in total. The lowest BCUT2D eigenvalue weighted by Gasteiger charge is -2.21. The first-order chi connectivity index (χ1) is 13.7. The summed E-state index contributed by atoms with van der Waals surface area (Å²) in [6.07, 6.45) is 0. The van der Waals surface area contributed by atoms with Gasteiger partial charge in [0.05, 0.1) is 16.8 Å². The number of nitrogens with zero attached hydrogens (tertiary/aromatic N) is 5. The van der Waals surface area contributed by atoms with Crippen molar-refractivity contribution in [1.29, 1.82) is 0 Å². The molecule has 0 aliphatic heterocycles. The number of carbonyl (C=O) groups is 1. The molecule has 0 spiro atoms. The number of carbonyl (C=O) groups excluding carboxylic acids is 1. The predicted octanol–water partition coefficient (Wildman–Crippen LogP) is 4.67. The van der Waals surface area contributed by atoms with Crippen LogP contribution in [0, 0.1) is 6.92 Å². The van der Waals surface area contributed by atoms with Crippen LogP contribution < -0.4 is 9.64 Å². The minimum Gasteiger partial charge on any atom is -0.494 e. The highest BCUT2D eigenvalue weighted by Gasteiger charge is 2.25. The van der Waals surface area contributed by atoms with Crippen LogP contribution in [0.1, 0.15) is 36.1 Å². The van der Waals surface area contributed by atoms with Gasteiger partial charge in [-0.2, -0.15) is 5.10 Å². The Kier molecular flexibility index (Phi) is 8.10. The van der Waals surface area contributed by atoms with E-state index in [0.29, 0.717) is 40.2 Å². The van der Waals surface area contributed by atoms with E-state index in [0.717, 1.165) is 10.4 Å². The van der Waals surface area contributed by atoms with Crippen molar-refractivity contribution in [2.24, 2.45) is 0 Å². The molecule has 0 saturated heterocycles. The van der Waals surface area contributed by atoms with Gasteiger partial charge in [0.25, 0.3) is 5.91 Å². The molecule has 2 heterocycles. The molecule has 10 heteroatoms. The molecule has 0 radical (unpaired) electrons. The molecule has 7 nitrogen and oxygen atoms in total. The third-order valence-electron chi connectivity index (χ3n) is 4.54. The maximum absolute atomic E-state index is 13.4. The summed E-state index contributed by atoms with van der Waals surface area (Å²) in [4.78, 5) is 21.8. The Hall–Kier alpha value is -1.87. The van der Waals surface area contributed by atoms with Crippen molar-refractivity contribution in [2.75, 3.05) is 39.2 Å². The molecule has 0 bridgehead atoms. The van der Waals surface area contributed by atoms with E-state index in [1.807, 2.05) is 50.5 Å². The van der Waals surface area contributed by atoms with Gasteiger partial charge in [-0.25, -0.2) is 4.98 Å². The third kappa shape index (κ3) is 4.88. The summed E-state index contributed by atoms with van der Waals surface area (Å²) in [5.74, 6) is 0.454. The number of fused-ring (bicyclic) bond motifs is 1. The number of aryl methyl sites for hydroxylation is 1. The zero-order valence-electron chi connectivity index (χ0n) is 18.0. The van der Waals surface area contributed by atoms with Crippen LogP contribution in [-0.4, -0.2) is 59.9 Å². The van der Waals surface area contributed by atoms with Gasteiger partial charge in [0, 0.05) is 24.8 Å². The van der Waals surface area contributed by atoms with Gasteiger partial charge in [0.1, 0.15) is 11.3 Å². The van der Waals surface area contributed by atoms with E-state index < -0.39 is 0 Å². The highest BCUT2D eigenvalue weighted by molar-refractivity contribution is 7.23. The van der Waals surface area contributed by atoms with Crippen LogP contribution in [0.2, 0.25) is 5.02 Å². The molecule has 0 aliphatic carbocycles. The lowest BCUT2D eigenvalue weighted by Crippen LogP contribution is -2.37. The maximum atomic E-state index is 13.4. The van der Waals surface area contributed by atoms with Crippen molar-refractivity contribution in [3.8, 4) is 5.75 Å². The van der Waals surface area contributed by atoms with E-state index in [-0.39, 0.29) is 24.4 Å². The van der Waals surface area contributed by atoms with Crippen LogP contribution in [0.5, 0.6) is 5.75 Å². The number of benzene rings is 1. The van der Waals surface area contributed by atoms with E-state index in [2.05, 4.69) is 5.10 Å². The van der Waals surface area contributed by atoms with E-state index in [4.69, 9.17) is 21.3 Å². The van der Waals surface area contributed by atoms with E-state index >= 15 is 0 Å². The number of rotatable bonds is 7. The fraction of sp³-hybridized carbons (Fsp3) is 0.450. The average Bonchev–Trinajstić information content (AvgIpc) is 3.26. The molecule has 164 valence electrons. The minimum atomic E-state index is -0.177. The summed E-state index contributed by atoms with van der Waals surface area (Å²) in [6, 6.07) is 5.57. The summed E-state index contributed by atoms with van der Waals surface area (Å²) < 4.78 is 8.08. The summed E-state index contributed by atoms with van der Waals surface area (Å²) in [7, 11) is 5.54. The number of halogens is 2. The molecule has 3 rings (SSSR count). The number of hydrogen-bond acceptors (Lipinski definition) is 6. The normalized spacial score (nSPS) is 11.2. The zero-order chi connectivity index (χ0) is 21.3. The van der Waals surface area contributed by atoms with Crippen LogP contribution in [0.3, 0.4) is 0 Å². The lowest BCUT2D eigenvalue weighted by atomic mass is 10.3. The first-order valence-corrected chi connectivity index (χ1v) is 10.6. The quantitative estimate of drug-likeness (QED) is 0.500. The Morgan fingerprint density at radius 1 is 1.30 bits per heavy atom. The third-order valence-corrected chi connectivity index (χ3v) is 6.08. The Balaban J connectivity index is 0.00000320. The zero-order valence-corrected chi connectivity index (χ0v) is 20.4. The van der Waals surface area contributed by atoms with Crippen molar-refractivity contribution >= 4 is 56.6 Å². The second-order valence-corrected chi connectivity index (χ2v) is 8.78. The molecule has 0 saturated carbocycles. The van der Waals surface area contributed by atoms with Crippen molar-refractivity contribution in [1.82, 2.24) is 19.7 Å². The van der Waals surface area contributed by atoms with Crippen molar-refractivity contribution in [2.45, 2.75) is 26.8 Å². The molecule has 0 aliphatic rings. The predicted molar refractivity (Wildman–Crippen MR) is 126 cm³/mol. The topological polar surface area (TPSA) is 63.5 Å². The van der Waals surface area contributed by atoms with Crippen LogP contribution >= 0.6 is 35.3 Å². The van der Waals surface area contributed by atoms with Gasteiger partial charge in [0.2, 0.25) is 0 Å². The van der Waals surface area contributed by atoms with E-state index in [1.54, 1.807) is 24.1 Å². The van der Waals surface area contributed by atoms with Gasteiger partial charge in [-0.3, -0.25) is 14.4 Å². The van der Waals surface area contributed by atoms with Crippen molar-refractivity contribution < 1.29 is 9.53 Å². The smallest absolute Gasteiger partial charge is 0.280 e. The van der Waals surface area contributed by atoms with Crippen LogP contribution in [0.4, 0.5) is 5.13 Å². The molecule has 0 fully saturated rings. The Labute approximate surface area is 192 Å². The standard InChI is InChI=1S/C20H26ClN5O2S.ClH/c1-12(2)26-13(3)11-15(23-26)19(27)25(10-9-24(4)5)20-22-17-16(28-6)8-7-14(21)18(17)29-20;/h7-8,11-12H,9-10H2,1-6H3;1H. The largest absolute Gasteiger partial charge is 0.494 e. The van der Waals surface area contributed by atoms with Gasteiger partial charge in [-0.15, -0.1) is 12.4 Å². The molecule has 2 aromatic heterocycles. The molecule has 3 aromatic rings. The van der Waals surface area contributed by atoms with Crippen molar-refractivity contribution in [3.63, 3.8) is 0 Å². The number of likely N-dealkylation sites (N-methyl/N-ethyl adjacent to an activating group) is 1. The summed E-state index contributed by atoms with van der Waals surface area (Å²) >= 11 is 7.76. The lowest BCUT2D eigenvalue weighted by molar-refractivity contribution is 0.0979. The van der Waals surface area contributed by atoms with E-state index in [9.17, 15) is 4.79 Å². The maximum Gasteiger partial charge on any atom is 0.280 e. The second kappa shape index (κ2) is 9.96. The summed E-state index contributed by atoms with van der Waals surface area (Å²) in [6.45, 7) is 7.21. The number of ether oxygens (including phenoxy) is 1. The van der Waals surface area contributed by atoms with Gasteiger partial charge in [-0.05, 0) is 53.1 Å². The minimum absolute atomic E-state index is 0. The second-order valence-electron chi connectivity index (χ2n) is 7.39. The monoisotopic (exact) mass is 471 g/mol. The number of anilines is 1. The molecular formula is C20H27Cl2N5O2S. The number of amides is 1. The van der Waals surface area contributed by atoms with Gasteiger partial charge in [0.15, 0.2) is 10.8 Å².